The van der Waals surface area contributed by atoms with Crippen molar-refractivity contribution >= 4 is 11.8 Å². The summed E-state index contributed by atoms with van der Waals surface area (Å²) in [7, 11) is 0. The zero-order valence-corrected chi connectivity index (χ0v) is 13.3. The number of amides is 2. The van der Waals surface area contributed by atoms with E-state index in [1.165, 1.54) is 6.42 Å². The van der Waals surface area contributed by atoms with E-state index in [9.17, 15) is 9.59 Å². The number of hydrogen-bond acceptors (Lipinski definition) is 2. The summed E-state index contributed by atoms with van der Waals surface area (Å²) < 4.78 is 0. The lowest BCUT2D eigenvalue weighted by atomic mass is 9.84. The molecular formula is C18H24N2O2. The SMILES string of the molecule is Cc1ccccc1C(=O)N1CCCN(C(=O)C2CCC2)CC1. The summed E-state index contributed by atoms with van der Waals surface area (Å²) in [4.78, 5) is 28.9. The number of rotatable bonds is 2. The fourth-order valence-electron chi connectivity index (χ4n) is 3.24. The molecule has 1 aliphatic carbocycles. The zero-order chi connectivity index (χ0) is 15.5. The third kappa shape index (κ3) is 3.01. The summed E-state index contributed by atoms with van der Waals surface area (Å²) >= 11 is 0. The van der Waals surface area contributed by atoms with Crippen LogP contribution in [0.4, 0.5) is 0 Å². The van der Waals surface area contributed by atoms with Gasteiger partial charge in [0.2, 0.25) is 5.91 Å². The van der Waals surface area contributed by atoms with Gasteiger partial charge in [0.25, 0.3) is 5.91 Å². The lowest BCUT2D eigenvalue weighted by Crippen LogP contribution is -2.41. The fraction of sp³-hybridized carbons (Fsp3) is 0.556. The number of carbonyl (C=O) groups is 2. The lowest BCUT2D eigenvalue weighted by molar-refractivity contribution is -0.138. The van der Waals surface area contributed by atoms with Gasteiger partial charge < -0.3 is 9.80 Å². The van der Waals surface area contributed by atoms with Gasteiger partial charge in [0.05, 0.1) is 0 Å². The Labute approximate surface area is 132 Å². The first-order valence-electron chi connectivity index (χ1n) is 8.30. The largest absolute Gasteiger partial charge is 0.341 e. The first kappa shape index (κ1) is 15.1. The Bertz CT molecular complexity index is 566. The standard InChI is InChI=1S/C18H24N2O2/c1-14-6-2-3-9-16(14)18(22)20-11-5-10-19(12-13-20)17(21)15-7-4-8-15/h2-3,6,9,15H,4-5,7-8,10-13H2,1H3. The molecule has 1 aromatic rings. The van der Waals surface area contributed by atoms with Gasteiger partial charge in [-0.2, -0.15) is 0 Å². The van der Waals surface area contributed by atoms with Gasteiger partial charge in [0, 0.05) is 37.7 Å². The maximum atomic E-state index is 12.7. The summed E-state index contributed by atoms with van der Waals surface area (Å²) in [6.45, 7) is 4.81. The minimum atomic E-state index is 0.0936. The average Bonchev–Trinajstić information content (AvgIpc) is 2.71. The van der Waals surface area contributed by atoms with Crippen LogP contribution in [0.2, 0.25) is 0 Å². The Morgan fingerprint density at radius 2 is 1.64 bits per heavy atom. The molecule has 1 aliphatic heterocycles. The first-order chi connectivity index (χ1) is 10.7. The van der Waals surface area contributed by atoms with Crippen molar-refractivity contribution in [2.75, 3.05) is 26.2 Å². The number of carbonyl (C=O) groups excluding carboxylic acids is 2. The molecule has 1 saturated carbocycles. The molecular weight excluding hydrogens is 276 g/mol. The minimum absolute atomic E-state index is 0.0936. The molecule has 0 aromatic heterocycles. The molecule has 4 nitrogen and oxygen atoms in total. The fourth-order valence-corrected chi connectivity index (χ4v) is 3.24. The van der Waals surface area contributed by atoms with E-state index in [2.05, 4.69) is 0 Å². The smallest absolute Gasteiger partial charge is 0.254 e. The quantitative estimate of drug-likeness (QED) is 0.842. The number of nitrogens with zero attached hydrogens (tertiary/aromatic N) is 2. The molecule has 0 bridgehead atoms. The zero-order valence-electron chi connectivity index (χ0n) is 13.3. The van der Waals surface area contributed by atoms with Crippen LogP contribution in [0.25, 0.3) is 0 Å². The summed E-state index contributed by atoms with van der Waals surface area (Å²) in [5.41, 5.74) is 1.79. The molecule has 3 rings (SSSR count). The average molecular weight is 300 g/mol. The van der Waals surface area contributed by atoms with E-state index in [1.807, 2.05) is 41.0 Å². The van der Waals surface area contributed by atoms with Crippen molar-refractivity contribution in [3.63, 3.8) is 0 Å². The highest BCUT2D eigenvalue weighted by Gasteiger charge is 2.31. The van der Waals surface area contributed by atoms with Crippen molar-refractivity contribution in [3.05, 3.63) is 35.4 Å². The minimum Gasteiger partial charge on any atom is -0.341 e. The van der Waals surface area contributed by atoms with Crippen LogP contribution in [0.5, 0.6) is 0 Å². The summed E-state index contributed by atoms with van der Waals surface area (Å²) in [5.74, 6) is 0.645. The third-order valence-corrected chi connectivity index (χ3v) is 4.92. The van der Waals surface area contributed by atoms with Crippen LogP contribution in [0, 0.1) is 12.8 Å². The molecule has 0 radical (unpaired) electrons. The van der Waals surface area contributed by atoms with Crippen molar-refractivity contribution < 1.29 is 9.59 Å². The van der Waals surface area contributed by atoms with Crippen LogP contribution < -0.4 is 0 Å². The predicted octanol–water partition coefficient (Wildman–Crippen LogP) is 2.47. The highest BCUT2D eigenvalue weighted by Crippen LogP contribution is 2.28. The Morgan fingerprint density at radius 1 is 0.955 bits per heavy atom. The van der Waals surface area contributed by atoms with Crippen LogP contribution in [0.1, 0.15) is 41.6 Å². The molecule has 2 aliphatic rings. The van der Waals surface area contributed by atoms with Crippen LogP contribution in [0.3, 0.4) is 0 Å². The van der Waals surface area contributed by atoms with E-state index < -0.39 is 0 Å². The van der Waals surface area contributed by atoms with E-state index in [-0.39, 0.29) is 11.8 Å². The summed E-state index contributed by atoms with van der Waals surface area (Å²) in [5, 5.41) is 0. The van der Waals surface area contributed by atoms with Crippen molar-refractivity contribution in [2.24, 2.45) is 5.92 Å². The Hall–Kier alpha value is -1.84. The van der Waals surface area contributed by atoms with E-state index in [4.69, 9.17) is 0 Å². The van der Waals surface area contributed by atoms with E-state index in [1.54, 1.807) is 0 Å². The van der Waals surface area contributed by atoms with Gasteiger partial charge in [-0.15, -0.1) is 0 Å². The van der Waals surface area contributed by atoms with Crippen molar-refractivity contribution in [3.8, 4) is 0 Å². The third-order valence-electron chi connectivity index (χ3n) is 4.92. The highest BCUT2D eigenvalue weighted by molar-refractivity contribution is 5.95. The maximum absolute atomic E-state index is 12.7. The summed E-state index contributed by atoms with van der Waals surface area (Å²) in [6, 6.07) is 7.72. The van der Waals surface area contributed by atoms with Gasteiger partial charge in [0.1, 0.15) is 0 Å². The van der Waals surface area contributed by atoms with Crippen molar-refractivity contribution in [1.82, 2.24) is 9.80 Å². The topological polar surface area (TPSA) is 40.6 Å². The van der Waals surface area contributed by atoms with Crippen molar-refractivity contribution in [2.45, 2.75) is 32.6 Å². The van der Waals surface area contributed by atoms with Gasteiger partial charge in [-0.25, -0.2) is 0 Å². The molecule has 2 amide bonds. The monoisotopic (exact) mass is 300 g/mol. The first-order valence-corrected chi connectivity index (χ1v) is 8.30. The van der Waals surface area contributed by atoms with Gasteiger partial charge in [-0.3, -0.25) is 9.59 Å². The molecule has 0 spiro atoms. The number of hydrogen-bond donors (Lipinski definition) is 0. The van der Waals surface area contributed by atoms with Gasteiger partial charge in [-0.1, -0.05) is 24.6 Å². The lowest BCUT2D eigenvalue weighted by Gasteiger charge is -2.31. The van der Waals surface area contributed by atoms with Gasteiger partial charge in [-0.05, 0) is 37.8 Å². The molecule has 4 heteroatoms. The predicted molar refractivity (Wildman–Crippen MR) is 85.6 cm³/mol. The van der Waals surface area contributed by atoms with Crippen molar-refractivity contribution in [1.29, 1.82) is 0 Å². The summed E-state index contributed by atoms with van der Waals surface area (Å²) in [6.07, 6.45) is 4.14. The normalized spacial score (nSPS) is 19.5. The highest BCUT2D eigenvalue weighted by atomic mass is 16.2. The second kappa shape index (κ2) is 6.51. The molecule has 1 aromatic carbocycles. The molecule has 0 unspecified atom stereocenters. The molecule has 2 fully saturated rings. The second-order valence-electron chi connectivity index (χ2n) is 6.41. The van der Waals surface area contributed by atoms with Gasteiger partial charge >= 0.3 is 0 Å². The molecule has 1 saturated heterocycles. The van der Waals surface area contributed by atoms with E-state index in [0.29, 0.717) is 19.0 Å². The van der Waals surface area contributed by atoms with Gasteiger partial charge in [0.15, 0.2) is 0 Å². The molecule has 1 heterocycles. The maximum Gasteiger partial charge on any atom is 0.254 e. The van der Waals surface area contributed by atoms with Crippen LogP contribution in [-0.2, 0) is 4.79 Å². The number of aryl methyl sites for hydroxylation is 1. The Morgan fingerprint density at radius 3 is 2.32 bits per heavy atom. The number of benzene rings is 1. The molecule has 118 valence electrons. The Balaban J connectivity index is 1.63. The molecule has 22 heavy (non-hydrogen) atoms. The van der Waals surface area contributed by atoms with Crippen LogP contribution >= 0.6 is 0 Å². The van der Waals surface area contributed by atoms with E-state index in [0.717, 1.165) is 43.5 Å². The van der Waals surface area contributed by atoms with E-state index >= 15 is 0 Å². The molecule has 0 atom stereocenters. The molecule has 0 N–H and O–H groups in total. The second-order valence-corrected chi connectivity index (χ2v) is 6.41. The van der Waals surface area contributed by atoms with Crippen LogP contribution in [-0.4, -0.2) is 47.8 Å². The van der Waals surface area contributed by atoms with Crippen LogP contribution in [0.15, 0.2) is 24.3 Å². The Kier molecular flexibility index (Phi) is 4.46.